The number of halogens is 1. The van der Waals surface area contributed by atoms with E-state index >= 15 is 0 Å². The SMILES string of the molecule is O=C(C1=C(Cl)CCCC1)N1CCC(c2nc3ccccc3s2)CC1. The van der Waals surface area contributed by atoms with Crippen LogP contribution >= 0.6 is 22.9 Å². The van der Waals surface area contributed by atoms with Gasteiger partial charge in [-0.15, -0.1) is 11.3 Å². The number of piperidine rings is 1. The minimum absolute atomic E-state index is 0.169. The van der Waals surface area contributed by atoms with Crippen molar-refractivity contribution in [2.45, 2.75) is 44.4 Å². The Balaban J connectivity index is 1.44. The van der Waals surface area contributed by atoms with Crippen molar-refractivity contribution in [2.75, 3.05) is 13.1 Å². The number of nitrogens with zero attached hydrogens (tertiary/aromatic N) is 2. The molecule has 0 bridgehead atoms. The normalized spacial score (nSPS) is 20.0. The second-order valence-corrected chi connectivity index (χ2v) is 8.20. The highest BCUT2D eigenvalue weighted by Crippen LogP contribution is 2.35. The smallest absolute Gasteiger partial charge is 0.250 e. The molecule has 24 heavy (non-hydrogen) atoms. The van der Waals surface area contributed by atoms with Gasteiger partial charge in [-0.25, -0.2) is 4.98 Å². The van der Waals surface area contributed by atoms with Crippen LogP contribution in [0.2, 0.25) is 0 Å². The maximum Gasteiger partial charge on any atom is 0.250 e. The zero-order valence-electron chi connectivity index (χ0n) is 13.6. The molecule has 5 heteroatoms. The number of hydrogen-bond acceptors (Lipinski definition) is 3. The Bertz CT molecular complexity index is 757. The van der Waals surface area contributed by atoms with Crippen LogP contribution in [0.1, 0.15) is 49.5 Å². The van der Waals surface area contributed by atoms with Crippen molar-refractivity contribution in [2.24, 2.45) is 0 Å². The lowest BCUT2D eigenvalue weighted by molar-refractivity contribution is -0.128. The number of hydrogen-bond donors (Lipinski definition) is 0. The van der Waals surface area contributed by atoms with Gasteiger partial charge in [0.05, 0.1) is 15.2 Å². The van der Waals surface area contributed by atoms with Crippen LogP contribution in [0.4, 0.5) is 0 Å². The Kier molecular flexibility index (Phi) is 4.59. The molecule has 0 atom stereocenters. The summed E-state index contributed by atoms with van der Waals surface area (Å²) in [5, 5.41) is 2.01. The summed E-state index contributed by atoms with van der Waals surface area (Å²) in [6, 6.07) is 8.31. The molecule has 0 unspecified atom stereocenters. The van der Waals surface area contributed by atoms with Crippen LogP contribution < -0.4 is 0 Å². The molecule has 3 nitrogen and oxygen atoms in total. The van der Waals surface area contributed by atoms with Crippen molar-refractivity contribution in [1.82, 2.24) is 9.88 Å². The number of likely N-dealkylation sites (tertiary alicyclic amines) is 1. The van der Waals surface area contributed by atoms with Gasteiger partial charge < -0.3 is 4.90 Å². The van der Waals surface area contributed by atoms with Crippen LogP contribution in [0.3, 0.4) is 0 Å². The fourth-order valence-corrected chi connectivity index (χ4v) is 5.12. The number of rotatable bonds is 2. The van der Waals surface area contributed by atoms with Crippen molar-refractivity contribution in [3.63, 3.8) is 0 Å². The highest BCUT2D eigenvalue weighted by atomic mass is 35.5. The Morgan fingerprint density at radius 1 is 1.17 bits per heavy atom. The summed E-state index contributed by atoms with van der Waals surface area (Å²) in [7, 11) is 0. The topological polar surface area (TPSA) is 33.2 Å². The van der Waals surface area contributed by atoms with Gasteiger partial charge in [0.1, 0.15) is 0 Å². The maximum atomic E-state index is 12.7. The largest absolute Gasteiger partial charge is 0.339 e. The average Bonchev–Trinajstić information content (AvgIpc) is 3.06. The van der Waals surface area contributed by atoms with Crippen LogP contribution in [0, 0.1) is 0 Å². The lowest BCUT2D eigenvalue weighted by Gasteiger charge is -2.32. The van der Waals surface area contributed by atoms with Gasteiger partial charge >= 0.3 is 0 Å². The second-order valence-electron chi connectivity index (χ2n) is 6.68. The molecule has 126 valence electrons. The Morgan fingerprint density at radius 2 is 1.92 bits per heavy atom. The first-order valence-electron chi connectivity index (χ1n) is 8.74. The van der Waals surface area contributed by atoms with E-state index < -0.39 is 0 Å². The van der Waals surface area contributed by atoms with Gasteiger partial charge in [0.2, 0.25) is 0 Å². The minimum Gasteiger partial charge on any atom is -0.339 e. The van der Waals surface area contributed by atoms with E-state index in [2.05, 4.69) is 18.2 Å². The lowest BCUT2D eigenvalue weighted by atomic mass is 9.94. The minimum atomic E-state index is 0.169. The molecular weight excluding hydrogens is 340 g/mol. The maximum absolute atomic E-state index is 12.7. The molecule has 2 aromatic rings. The van der Waals surface area contributed by atoms with Crippen LogP contribution in [0.25, 0.3) is 10.2 Å². The predicted molar refractivity (Wildman–Crippen MR) is 99.5 cm³/mol. The van der Waals surface area contributed by atoms with E-state index in [4.69, 9.17) is 16.6 Å². The first kappa shape index (κ1) is 16.1. The molecule has 0 spiro atoms. The van der Waals surface area contributed by atoms with E-state index in [1.54, 1.807) is 11.3 Å². The average molecular weight is 361 g/mol. The first-order valence-corrected chi connectivity index (χ1v) is 9.94. The van der Waals surface area contributed by atoms with E-state index in [0.717, 1.165) is 67.7 Å². The summed E-state index contributed by atoms with van der Waals surface area (Å²) in [4.78, 5) is 19.5. The van der Waals surface area contributed by atoms with E-state index in [9.17, 15) is 4.79 Å². The van der Waals surface area contributed by atoms with Crippen molar-refractivity contribution in [3.05, 3.63) is 39.9 Å². The van der Waals surface area contributed by atoms with Gasteiger partial charge in [-0.05, 0) is 50.7 Å². The molecule has 1 aliphatic carbocycles. The molecule has 1 aromatic heterocycles. The van der Waals surface area contributed by atoms with Crippen molar-refractivity contribution in [1.29, 1.82) is 0 Å². The number of carbonyl (C=O) groups excluding carboxylic acids is 1. The van der Waals surface area contributed by atoms with Crippen LogP contribution in [-0.2, 0) is 4.79 Å². The summed E-state index contributed by atoms with van der Waals surface area (Å²) >= 11 is 8.09. The summed E-state index contributed by atoms with van der Waals surface area (Å²) in [5.41, 5.74) is 1.96. The fourth-order valence-electron chi connectivity index (χ4n) is 3.68. The van der Waals surface area contributed by atoms with Gasteiger partial charge in [-0.2, -0.15) is 0 Å². The molecule has 4 rings (SSSR count). The second kappa shape index (κ2) is 6.85. The van der Waals surface area contributed by atoms with Crippen LogP contribution in [-0.4, -0.2) is 28.9 Å². The predicted octanol–water partition coefficient (Wildman–Crippen LogP) is 5.07. The Labute approximate surface area is 151 Å². The molecule has 1 amide bonds. The summed E-state index contributed by atoms with van der Waals surface area (Å²) in [6.45, 7) is 1.63. The molecule has 1 saturated heterocycles. The van der Waals surface area contributed by atoms with E-state index in [-0.39, 0.29) is 5.91 Å². The van der Waals surface area contributed by atoms with Crippen molar-refractivity contribution >= 4 is 39.1 Å². The number of carbonyl (C=O) groups is 1. The highest BCUT2D eigenvalue weighted by Gasteiger charge is 2.29. The van der Waals surface area contributed by atoms with Gasteiger partial charge in [0, 0.05) is 29.6 Å². The number of amides is 1. The van der Waals surface area contributed by atoms with Crippen LogP contribution in [0.15, 0.2) is 34.9 Å². The molecule has 2 aliphatic rings. The van der Waals surface area contributed by atoms with Gasteiger partial charge in [0.15, 0.2) is 0 Å². The molecular formula is C19H21ClN2OS. The number of aromatic nitrogens is 1. The third-order valence-electron chi connectivity index (χ3n) is 5.10. The summed E-state index contributed by atoms with van der Waals surface area (Å²) < 4.78 is 1.25. The molecule has 1 aromatic carbocycles. The molecule has 2 heterocycles. The zero-order valence-corrected chi connectivity index (χ0v) is 15.2. The van der Waals surface area contributed by atoms with E-state index in [0.29, 0.717) is 5.92 Å². The number of thiazole rings is 1. The third kappa shape index (κ3) is 3.09. The molecule has 1 aliphatic heterocycles. The zero-order chi connectivity index (χ0) is 16.5. The fraction of sp³-hybridized carbons (Fsp3) is 0.474. The number of fused-ring (bicyclic) bond motifs is 1. The van der Waals surface area contributed by atoms with E-state index in [1.165, 1.54) is 9.71 Å². The lowest BCUT2D eigenvalue weighted by Crippen LogP contribution is -2.39. The number of allylic oxidation sites excluding steroid dienone is 1. The third-order valence-corrected chi connectivity index (χ3v) is 6.72. The quantitative estimate of drug-likeness (QED) is 0.749. The Morgan fingerprint density at radius 3 is 2.67 bits per heavy atom. The van der Waals surface area contributed by atoms with Gasteiger partial charge in [-0.3, -0.25) is 4.79 Å². The standard InChI is InChI=1S/C19H21ClN2OS/c20-15-6-2-1-5-14(15)19(23)22-11-9-13(10-12-22)18-21-16-7-3-4-8-17(16)24-18/h3-4,7-8,13H,1-2,5-6,9-12H2. The number of benzene rings is 1. The number of para-hydroxylation sites is 1. The van der Waals surface area contributed by atoms with Crippen molar-refractivity contribution in [3.8, 4) is 0 Å². The van der Waals surface area contributed by atoms with E-state index in [1.807, 2.05) is 11.0 Å². The Hall–Kier alpha value is -1.39. The van der Waals surface area contributed by atoms with Gasteiger partial charge in [0.25, 0.3) is 5.91 Å². The van der Waals surface area contributed by atoms with Crippen molar-refractivity contribution < 1.29 is 4.79 Å². The summed E-state index contributed by atoms with van der Waals surface area (Å²) in [5.74, 6) is 0.643. The molecule has 0 radical (unpaired) electrons. The monoisotopic (exact) mass is 360 g/mol. The van der Waals surface area contributed by atoms with Gasteiger partial charge in [-0.1, -0.05) is 23.7 Å². The van der Waals surface area contributed by atoms with Crippen LogP contribution in [0.5, 0.6) is 0 Å². The highest BCUT2D eigenvalue weighted by molar-refractivity contribution is 7.18. The first-order chi connectivity index (χ1) is 11.7. The molecule has 0 N–H and O–H groups in total. The summed E-state index contributed by atoms with van der Waals surface area (Å²) in [6.07, 6.45) is 5.89. The molecule has 0 saturated carbocycles. The molecule has 1 fully saturated rings.